The predicted octanol–water partition coefficient (Wildman–Crippen LogP) is 2.24. The van der Waals surface area contributed by atoms with Gasteiger partial charge in [-0.05, 0) is 18.2 Å². The van der Waals surface area contributed by atoms with E-state index in [-0.39, 0.29) is 28.5 Å². The molecule has 104 valence electrons. The summed E-state index contributed by atoms with van der Waals surface area (Å²) in [4.78, 5) is 18.2. The second kappa shape index (κ2) is 5.47. The fraction of sp³-hybridized carbons (Fsp3) is 0.167. The zero-order valence-electron chi connectivity index (χ0n) is 10.8. The molecule has 1 N–H and O–H groups in total. The molecule has 1 aromatic heterocycles. The van der Waals surface area contributed by atoms with Crippen molar-refractivity contribution in [1.29, 1.82) is 0 Å². The van der Waals surface area contributed by atoms with Gasteiger partial charge in [-0.15, -0.1) is 0 Å². The Labute approximate surface area is 113 Å². The van der Waals surface area contributed by atoms with Crippen molar-refractivity contribution >= 4 is 11.5 Å². The van der Waals surface area contributed by atoms with Crippen LogP contribution in [0.5, 0.6) is 5.75 Å². The van der Waals surface area contributed by atoms with Gasteiger partial charge < -0.3 is 10.1 Å². The number of ether oxygens (including phenoxy) is 1. The standard InChI is InChI=1S/C12H11FN4O3/c1-14-12-11(17(18)19)10(15-6-16-12)7-3-4-9(20-2)8(13)5-7/h3-6H,1-2H3,(H,14,15,16). The second-order valence-electron chi connectivity index (χ2n) is 3.78. The summed E-state index contributed by atoms with van der Waals surface area (Å²) in [6.45, 7) is 0. The highest BCUT2D eigenvalue weighted by Gasteiger charge is 2.23. The van der Waals surface area contributed by atoms with E-state index in [1.807, 2.05) is 0 Å². The second-order valence-corrected chi connectivity index (χ2v) is 3.78. The summed E-state index contributed by atoms with van der Waals surface area (Å²) in [5.41, 5.74) is 0.00405. The third kappa shape index (κ3) is 2.35. The lowest BCUT2D eigenvalue weighted by atomic mass is 10.1. The van der Waals surface area contributed by atoms with Crippen LogP contribution in [0.3, 0.4) is 0 Å². The molecule has 0 amide bonds. The fourth-order valence-corrected chi connectivity index (χ4v) is 1.76. The number of nitrogens with zero attached hydrogens (tertiary/aromatic N) is 3. The van der Waals surface area contributed by atoms with Gasteiger partial charge in [-0.1, -0.05) is 0 Å². The van der Waals surface area contributed by atoms with Gasteiger partial charge in [0.1, 0.15) is 6.33 Å². The van der Waals surface area contributed by atoms with Gasteiger partial charge in [0, 0.05) is 12.6 Å². The van der Waals surface area contributed by atoms with Crippen LogP contribution in [-0.4, -0.2) is 29.0 Å². The van der Waals surface area contributed by atoms with Crippen LogP contribution in [0.1, 0.15) is 0 Å². The van der Waals surface area contributed by atoms with Crippen molar-refractivity contribution in [1.82, 2.24) is 9.97 Å². The van der Waals surface area contributed by atoms with E-state index in [0.29, 0.717) is 0 Å². The largest absolute Gasteiger partial charge is 0.494 e. The van der Waals surface area contributed by atoms with Crippen molar-refractivity contribution in [3.63, 3.8) is 0 Å². The molecule has 1 aromatic carbocycles. The minimum Gasteiger partial charge on any atom is -0.494 e. The van der Waals surface area contributed by atoms with Crippen molar-refractivity contribution in [2.45, 2.75) is 0 Å². The SMILES string of the molecule is CNc1ncnc(-c2ccc(OC)c(F)c2)c1[N+](=O)[O-]. The first-order chi connectivity index (χ1) is 9.58. The average Bonchev–Trinajstić information content (AvgIpc) is 2.46. The normalized spacial score (nSPS) is 10.2. The highest BCUT2D eigenvalue weighted by Crippen LogP contribution is 2.34. The first-order valence-electron chi connectivity index (χ1n) is 5.59. The summed E-state index contributed by atoms with van der Waals surface area (Å²) < 4.78 is 18.5. The van der Waals surface area contributed by atoms with Gasteiger partial charge >= 0.3 is 5.69 Å². The minimum atomic E-state index is -0.621. The minimum absolute atomic E-state index is 0.0379. The van der Waals surface area contributed by atoms with Gasteiger partial charge in [0.2, 0.25) is 5.82 Å². The van der Waals surface area contributed by atoms with E-state index in [1.54, 1.807) is 0 Å². The number of aromatic nitrogens is 2. The maximum Gasteiger partial charge on any atom is 0.337 e. The summed E-state index contributed by atoms with van der Waals surface area (Å²) in [5.74, 6) is -0.501. The Morgan fingerprint density at radius 2 is 2.15 bits per heavy atom. The van der Waals surface area contributed by atoms with E-state index >= 15 is 0 Å². The quantitative estimate of drug-likeness (QED) is 0.681. The van der Waals surface area contributed by atoms with E-state index in [4.69, 9.17) is 4.74 Å². The molecule has 0 spiro atoms. The maximum atomic E-state index is 13.7. The lowest BCUT2D eigenvalue weighted by molar-refractivity contribution is -0.383. The fourth-order valence-electron chi connectivity index (χ4n) is 1.76. The molecular formula is C12H11FN4O3. The van der Waals surface area contributed by atoms with Crippen LogP contribution in [0.25, 0.3) is 11.3 Å². The molecule has 0 saturated heterocycles. The molecule has 0 atom stereocenters. The zero-order valence-corrected chi connectivity index (χ0v) is 10.8. The van der Waals surface area contributed by atoms with Gasteiger partial charge in [-0.2, -0.15) is 0 Å². The van der Waals surface area contributed by atoms with Crippen molar-refractivity contribution in [3.8, 4) is 17.0 Å². The predicted molar refractivity (Wildman–Crippen MR) is 70.2 cm³/mol. The molecular weight excluding hydrogens is 267 g/mol. The number of halogens is 1. The number of benzene rings is 1. The number of nitrogens with one attached hydrogen (secondary N) is 1. The van der Waals surface area contributed by atoms with E-state index in [1.165, 1.54) is 32.6 Å². The first kappa shape index (κ1) is 13.7. The number of nitro groups is 1. The number of methoxy groups -OCH3 is 1. The molecule has 0 fully saturated rings. The van der Waals surface area contributed by atoms with Crippen molar-refractivity contribution in [2.75, 3.05) is 19.5 Å². The van der Waals surface area contributed by atoms with Gasteiger partial charge in [-0.25, -0.2) is 14.4 Å². The van der Waals surface area contributed by atoms with Gasteiger partial charge in [-0.3, -0.25) is 10.1 Å². The number of rotatable bonds is 4. The molecule has 1 heterocycles. The number of hydrogen-bond donors (Lipinski definition) is 1. The van der Waals surface area contributed by atoms with E-state index in [0.717, 1.165) is 6.07 Å². The highest BCUT2D eigenvalue weighted by molar-refractivity contribution is 5.76. The maximum absolute atomic E-state index is 13.7. The van der Waals surface area contributed by atoms with Crippen LogP contribution < -0.4 is 10.1 Å². The molecule has 8 heteroatoms. The highest BCUT2D eigenvalue weighted by atomic mass is 19.1. The molecule has 7 nitrogen and oxygen atoms in total. The molecule has 0 aliphatic rings. The van der Waals surface area contributed by atoms with Crippen LogP contribution >= 0.6 is 0 Å². The van der Waals surface area contributed by atoms with E-state index < -0.39 is 10.7 Å². The first-order valence-corrected chi connectivity index (χ1v) is 5.59. The van der Waals surface area contributed by atoms with E-state index in [9.17, 15) is 14.5 Å². The molecule has 2 rings (SSSR count). The average molecular weight is 278 g/mol. The summed E-state index contributed by atoms with van der Waals surface area (Å²) in [6.07, 6.45) is 1.18. The van der Waals surface area contributed by atoms with Gasteiger partial charge in [0.15, 0.2) is 17.3 Å². The third-order valence-corrected chi connectivity index (χ3v) is 2.67. The molecule has 0 aliphatic heterocycles. The van der Waals surface area contributed by atoms with Crippen LogP contribution in [0, 0.1) is 15.9 Å². The summed E-state index contributed by atoms with van der Waals surface area (Å²) >= 11 is 0. The Bertz CT molecular complexity index is 663. The Morgan fingerprint density at radius 1 is 1.40 bits per heavy atom. The van der Waals surface area contributed by atoms with Crippen molar-refractivity contribution < 1.29 is 14.1 Å². The molecule has 2 aromatic rings. The summed E-state index contributed by atoms with van der Waals surface area (Å²) in [6, 6.07) is 4.01. The lowest BCUT2D eigenvalue weighted by Gasteiger charge is -2.07. The van der Waals surface area contributed by atoms with Crippen molar-refractivity contribution in [3.05, 3.63) is 40.5 Å². The van der Waals surface area contributed by atoms with Gasteiger partial charge in [0.05, 0.1) is 12.0 Å². The molecule has 0 bridgehead atoms. The molecule has 0 aliphatic carbocycles. The monoisotopic (exact) mass is 278 g/mol. The Morgan fingerprint density at radius 3 is 2.70 bits per heavy atom. The molecule has 20 heavy (non-hydrogen) atoms. The topological polar surface area (TPSA) is 90.2 Å². The Kier molecular flexibility index (Phi) is 3.74. The smallest absolute Gasteiger partial charge is 0.337 e. The van der Waals surface area contributed by atoms with Crippen LogP contribution in [-0.2, 0) is 0 Å². The lowest BCUT2D eigenvalue weighted by Crippen LogP contribution is -2.03. The molecule has 0 saturated carbocycles. The zero-order chi connectivity index (χ0) is 14.7. The van der Waals surface area contributed by atoms with E-state index in [2.05, 4.69) is 15.3 Å². The Hall–Kier alpha value is -2.77. The van der Waals surface area contributed by atoms with Crippen LogP contribution in [0.2, 0.25) is 0 Å². The van der Waals surface area contributed by atoms with Crippen LogP contribution in [0.15, 0.2) is 24.5 Å². The van der Waals surface area contributed by atoms with Crippen molar-refractivity contribution in [2.24, 2.45) is 0 Å². The summed E-state index contributed by atoms with van der Waals surface area (Å²) in [7, 11) is 2.85. The Balaban J connectivity index is 2.63. The number of anilines is 1. The van der Waals surface area contributed by atoms with Crippen LogP contribution in [0.4, 0.5) is 15.9 Å². The molecule has 0 unspecified atom stereocenters. The molecule has 0 radical (unpaired) electrons. The van der Waals surface area contributed by atoms with Gasteiger partial charge in [0.25, 0.3) is 0 Å². The number of hydrogen-bond acceptors (Lipinski definition) is 6. The summed E-state index contributed by atoms with van der Waals surface area (Å²) in [5, 5.41) is 13.8. The third-order valence-electron chi connectivity index (χ3n) is 2.67.